The number of pyridine rings is 2. The van der Waals surface area contributed by atoms with E-state index in [1.54, 1.807) is 30.7 Å². The van der Waals surface area contributed by atoms with E-state index in [9.17, 15) is 4.79 Å². The van der Waals surface area contributed by atoms with E-state index in [4.69, 9.17) is 10.7 Å². The van der Waals surface area contributed by atoms with E-state index in [2.05, 4.69) is 20.3 Å². The third kappa shape index (κ3) is 3.72. The van der Waals surface area contributed by atoms with Gasteiger partial charge in [0, 0.05) is 51.6 Å². The zero-order chi connectivity index (χ0) is 22.1. The molecule has 7 nitrogen and oxygen atoms in total. The van der Waals surface area contributed by atoms with Crippen molar-refractivity contribution < 1.29 is 4.79 Å². The van der Waals surface area contributed by atoms with Gasteiger partial charge in [0.05, 0.1) is 35.3 Å². The molecule has 0 spiro atoms. The van der Waals surface area contributed by atoms with Gasteiger partial charge in [0.2, 0.25) is 0 Å². The lowest BCUT2D eigenvalue weighted by Crippen LogP contribution is -2.23. The highest BCUT2D eigenvalue weighted by atomic mass is 16.1. The second-order valence-corrected chi connectivity index (χ2v) is 7.57. The number of carbonyl (C=O) groups excluding carboxylic acids is 1. The highest BCUT2D eigenvalue weighted by molar-refractivity contribution is 6.12. The molecule has 0 unspecified atom stereocenters. The smallest absolute Gasteiger partial charge is 0.251 e. The molecule has 0 fully saturated rings. The summed E-state index contributed by atoms with van der Waals surface area (Å²) in [4.78, 5) is 30.5. The Labute approximate surface area is 184 Å². The fourth-order valence-electron chi connectivity index (χ4n) is 3.68. The van der Waals surface area contributed by atoms with Crippen LogP contribution in [0.3, 0.4) is 0 Å². The molecule has 32 heavy (non-hydrogen) atoms. The number of nitrogens with zero attached hydrogens (tertiary/aromatic N) is 4. The number of nitrogens with one attached hydrogen (secondary N) is 1. The highest BCUT2D eigenvalue weighted by Gasteiger charge is 2.13. The largest absolute Gasteiger partial charge is 0.399 e. The molecule has 0 saturated carbocycles. The number of nitrogens with two attached hydrogens (primary N) is 1. The van der Waals surface area contributed by atoms with E-state index in [-0.39, 0.29) is 5.91 Å². The van der Waals surface area contributed by atoms with Gasteiger partial charge >= 0.3 is 0 Å². The van der Waals surface area contributed by atoms with E-state index < -0.39 is 0 Å². The molecule has 0 bridgehead atoms. The van der Waals surface area contributed by atoms with Crippen LogP contribution in [0.5, 0.6) is 0 Å². The fraction of sp³-hybridized carbons (Fsp3) is 0.0800. The average Bonchev–Trinajstić information content (AvgIpc) is 2.82. The van der Waals surface area contributed by atoms with Crippen LogP contribution in [0.15, 0.2) is 73.3 Å². The van der Waals surface area contributed by atoms with Crippen molar-refractivity contribution in [2.75, 3.05) is 5.73 Å². The molecule has 1 amide bonds. The average molecular weight is 420 g/mol. The summed E-state index contributed by atoms with van der Waals surface area (Å²) < 4.78 is 0. The van der Waals surface area contributed by atoms with Crippen LogP contribution in [-0.4, -0.2) is 25.8 Å². The third-order valence-electron chi connectivity index (χ3n) is 5.28. The second kappa shape index (κ2) is 8.03. The standard InChI is InChI=1S/C25H20N6O/c1-15-11-29-19(12-28-15)13-30-25(32)17-5-6-20-22-14-27-8-7-21(22)24(31-23(20)10-17)16-3-2-4-18(26)9-16/h2-12,14H,13,26H2,1H3,(H,30,32). The second-order valence-electron chi connectivity index (χ2n) is 7.57. The molecule has 0 atom stereocenters. The minimum Gasteiger partial charge on any atom is -0.399 e. The monoisotopic (exact) mass is 420 g/mol. The number of hydrogen-bond donors (Lipinski definition) is 2. The quantitative estimate of drug-likeness (QED) is 0.335. The maximum absolute atomic E-state index is 12.8. The SMILES string of the molecule is Cc1cnc(CNC(=O)c2ccc3c(c2)nc(-c2cccc(N)c2)c2ccncc23)cn1. The van der Waals surface area contributed by atoms with Crippen LogP contribution in [0.1, 0.15) is 21.7 Å². The van der Waals surface area contributed by atoms with Gasteiger partial charge in [-0.25, -0.2) is 4.98 Å². The Morgan fingerprint density at radius 3 is 2.69 bits per heavy atom. The zero-order valence-corrected chi connectivity index (χ0v) is 17.4. The molecule has 5 rings (SSSR count). The number of rotatable bonds is 4. The van der Waals surface area contributed by atoms with Crippen molar-refractivity contribution in [1.82, 2.24) is 25.3 Å². The van der Waals surface area contributed by atoms with Gasteiger partial charge in [-0.15, -0.1) is 0 Å². The molecule has 3 aromatic heterocycles. The Balaban J connectivity index is 1.55. The molecular formula is C25H20N6O. The Bertz CT molecular complexity index is 1460. The van der Waals surface area contributed by atoms with Crippen LogP contribution < -0.4 is 11.1 Å². The van der Waals surface area contributed by atoms with Crippen LogP contribution in [-0.2, 0) is 6.54 Å². The van der Waals surface area contributed by atoms with Gasteiger partial charge in [-0.3, -0.25) is 19.7 Å². The van der Waals surface area contributed by atoms with E-state index in [1.807, 2.05) is 49.5 Å². The minimum absolute atomic E-state index is 0.201. The van der Waals surface area contributed by atoms with Gasteiger partial charge in [-0.05, 0) is 37.3 Å². The number of amides is 1. The highest BCUT2D eigenvalue weighted by Crippen LogP contribution is 2.32. The third-order valence-corrected chi connectivity index (χ3v) is 5.28. The molecule has 7 heteroatoms. The van der Waals surface area contributed by atoms with Gasteiger partial charge in [-0.1, -0.05) is 18.2 Å². The summed E-state index contributed by atoms with van der Waals surface area (Å²) in [6.45, 7) is 2.17. The van der Waals surface area contributed by atoms with E-state index >= 15 is 0 Å². The predicted molar refractivity (Wildman–Crippen MR) is 125 cm³/mol. The summed E-state index contributed by atoms with van der Waals surface area (Å²) in [5.74, 6) is -0.201. The predicted octanol–water partition coefficient (Wildman–Crippen LogP) is 4.06. The zero-order valence-electron chi connectivity index (χ0n) is 17.4. The van der Waals surface area contributed by atoms with Crippen molar-refractivity contribution in [3.05, 3.63) is 90.3 Å². The summed E-state index contributed by atoms with van der Waals surface area (Å²) in [7, 11) is 0. The number of benzene rings is 2. The van der Waals surface area contributed by atoms with Crippen LogP contribution in [0.4, 0.5) is 5.69 Å². The molecule has 0 aliphatic rings. The maximum atomic E-state index is 12.8. The van der Waals surface area contributed by atoms with Gasteiger partial charge in [-0.2, -0.15) is 0 Å². The number of anilines is 1. The van der Waals surface area contributed by atoms with Crippen LogP contribution in [0.25, 0.3) is 32.9 Å². The van der Waals surface area contributed by atoms with Gasteiger partial charge in [0.1, 0.15) is 0 Å². The first kappa shape index (κ1) is 19.6. The molecule has 0 saturated heterocycles. The van der Waals surface area contributed by atoms with Gasteiger partial charge in [0.25, 0.3) is 5.91 Å². The van der Waals surface area contributed by atoms with Crippen molar-refractivity contribution in [3.8, 4) is 11.3 Å². The maximum Gasteiger partial charge on any atom is 0.251 e. The van der Waals surface area contributed by atoms with Gasteiger partial charge in [0.15, 0.2) is 0 Å². The van der Waals surface area contributed by atoms with E-state index in [1.165, 1.54) is 0 Å². The number of hydrogen-bond acceptors (Lipinski definition) is 6. The van der Waals surface area contributed by atoms with Crippen LogP contribution >= 0.6 is 0 Å². The van der Waals surface area contributed by atoms with Crippen molar-refractivity contribution in [3.63, 3.8) is 0 Å². The molecule has 0 radical (unpaired) electrons. The number of aromatic nitrogens is 4. The summed E-state index contributed by atoms with van der Waals surface area (Å²) in [6, 6.07) is 15.1. The topological polar surface area (TPSA) is 107 Å². The molecule has 0 aliphatic heterocycles. The summed E-state index contributed by atoms with van der Waals surface area (Å²) in [5, 5.41) is 5.77. The van der Waals surface area contributed by atoms with Crippen molar-refractivity contribution in [1.29, 1.82) is 0 Å². The first-order chi connectivity index (χ1) is 15.6. The Hall–Kier alpha value is -4.39. The molecule has 5 aromatic rings. The first-order valence-corrected chi connectivity index (χ1v) is 10.2. The summed E-state index contributed by atoms with van der Waals surface area (Å²) in [6.07, 6.45) is 6.92. The number of nitrogen functional groups attached to an aromatic ring is 1. The van der Waals surface area contributed by atoms with E-state index in [0.29, 0.717) is 29.0 Å². The molecular weight excluding hydrogens is 400 g/mol. The summed E-state index contributed by atoms with van der Waals surface area (Å²) >= 11 is 0. The fourth-order valence-corrected chi connectivity index (χ4v) is 3.68. The Kier molecular flexibility index (Phi) is 4.91. The molecule has 3 N–H and O–H groups in total. The number of aryl methyl sites for hydroxylation is 1. The lowest BCUT2D eigenvalue weighted by atomic mass is 10.00. The number of fused-ring (bicyclic) bond motifs is 3. The van der Waals surface area contributed by atoms with Crippen molar-refractivity contribution in [2.24, 2.45) is 0 Å². The van der Waals surface area contributed by atoms with Crippen LogP contribution in [0, 0.1) is 6.92 Å². The lowest BCUT2D eigenvalue weighted by molar-refractivity contribution is 0.0950. The molecule has 3 heterocycles. The Morgan fingerprint density at radius 1 is 0.969 bits per heavy atom. The normalized spacial score (nSPS) is 11.0. The first-order valence-electron chi connectivity index (χ1n) is 10.2. The van der Waals surface area contributed by atoms with Crippen LogP contribution in [0.2, 0.25) is 0 Å². The van der Waals surface area contributed by atoms with Crippen molar-refractivity contribution >= 4 is 33.3 Å². The Morgan fingerprint density at radius 2 is 1.88 bits per heavy atom. The van der Waals surface area contributed by atoms with Gasteiger partial charge < -0.3 is 11.1 Å². The molecule has 0 aliphatic carbocycles. The molecule has 2 aromatic carbocycles. The van der Waals surface area contributed by atoms with Crippen molar-refractivity contribution in [2.45, 2.75) is 13.5 Å². The molecule has 156 valence electrons. The minimum atomic E-state index is -0.201. The summed E-state index contributed by atoms with van der Waals surface area (Å²) in [5.41, 5.74) is 11.1. The number of carbonyl (C=O) groups is 1. The van der Waals surface area contributed by atoms with E-state index in [0.717, 1.165) is 33.1 Å². The lowest BCUT2D eigenvalue weighted by Gasteiger charge is -2.11.